The Hall–Kier alpha value is -3.76. The first-order valence-corrected chi connectivity index (χ1v) is 10.8. The van der Waals surface area contributed by atoms with Gasteiger partial charge in [-0.2, -0.15) is 0 Å². The molecule has 4 atom stereocenters. The summed E-state index contributed by atoms with van der Waals surface area (Å²) in [6.45, 7) is 0.656. The molecule has 0 radical (unpaired) electrons. The highest BCUT2D eigenvalue weighted by molar-refractivity contribution is 5.84. The number of aliphatic hydroxyl groups is 2. The van der Waals surface area contributed by atoms with Gasteiger partial charge in [0.25, 0.3) is 0 Å². The van der Waals surface area contributed by atoms with Gasteiger partial charge < -0.3 is 31.0 Å². The van der Waals surface area contributed by atoms with E-state index in [9.17, 15) is 10.2 Å². The summed E-state index contributed by atoms with van der Waals surface area (Å²) in [5, 5.41) is 22.7. The van der Waals surface area contributed by atoms with E-state index in [0.29, 0.717) is 42.7 Å². The lowest BCUT2D eigenvalue weighted by atomic mass is 10.1. The summed E-state index contributed by atoms with van der Waals surface area (Å²) in [7, 11) is 0. The first-order valence-electron chi connectivity index (χ1n) is 10.8. The van der Waals surface area contributed by atoms with Crippen LogP contribution in [0.3, 0.4) is 0 Å². The minimum Gasteiger partial charge on any atom is -0.440 e. The fraction of sp³-hybridized carbons (Fsp3) is 0.304. The van der Waals surface area contributed by atoms with Gasteiger partial charge in [0.1, 0.15) is 29.9 Å². The molecular formula is C23H23N7O3. The van der Waals surface area contributed by atoms with Crippen LogP contribution in [-0.2, 0) is 6.42 Å². The highest BCUT2D eigenvalue weighted by Gasteiger charge is 2.48. The molecule has 1 aliphatic heterocycles. The highest BCUT2D eigenvalue weighted by atomic mass is 16.4. The molecule has 1 fully saturated rings. The number of hydrogen-bond donors (Lipinski definition) is 4. The van der Waals surface area contributed by atoms with Crippen molar-refractivity contribution in [1.29, 1.82) is 0 Å². The lowest BCUT2D eigenvalue weighted by Crippen LogP contribution is -2.43. The van der Waals surface area contributed by atoms with Gasteiger partial charge in [-0.05, 0) is 31.0 Å². The van der Waals surface area contributed by atoms with Crippen molar-refractivity contribution in [2.45, 2.75) is 37.0 Å². The van der Waals surface area contributed by atoms with Crippen molar-refractivity contribution in [2.24, 2.45) is 0 Å². The van der Waals surface area contributed by atoms with Crippen LogP contribution >= 0.6 is 0 Å². The number of fused-ring (bicyclic) bond motifs is 2. The molecule has 1 aliphatic carbocycles. The quantitative estimate of drug-likeness (QED) is 0.363. The summed E-state index contributed by atoms with van der Waals surface area (Å²) in [4.78, 5) is 19.2. The van der Waals surface area contributed by atoms with Crippen molar-refractivity contribution in [3.8, 4) is 11.3 Å². The molecule has 168 valence electrons. The molecular weight excluding hydrogens is 422 g/mol. The molecule has 0 saturated heterocycles. The Balaban J connectivity index is 1.28. The van der Waals surface area contributed by atoms with E-state index in [2.05, 4.69) is 19.9 Å². The maximum absolute atomic E-state index is 10.9. The zero-order valence-electron chi connectivity index (χ0n) is 17.7. The molecule has 0 bridgehead atoms. The van der Waals surface area contributed by atoms with Gasteiger partial charge in [-0.15, -0.1) is 0 Å². The van der Waals surface area contributed by atoms with Crippen molar-refractivity contribution in [3.63, 3.8) is 0 Å². The monoisotopic (exact) mass is 445 g/mol. The highest BCUT2D eigenvalue weighted by Crippen LogP contribution is 2.42. The minimum atomic E-state index is -1.01. The van der Waals surface area contributed by atoms with Crippen LogP contribution in [0.15, 0.2) is 47.3 Å². The molecule has 4 aromatic rings. The average molecular weight is 445 g/mol. The van der Waals surface area contributed by atoms with Gasteiger partial charge >= 0.3 is 0 Å². The Morgan fingerprint density at radius 3 is 2.76 bits per heavy atom. The molecule has 3 aromatic heterocycles. The Bertz CT molecular complexity index is 1360. The normalized spacial score (nSPS) is 24.5. The Labute approximate surface area is 188 Å². The lowest BCUT2D eigenvalue weighted by Gasteiger charge is -2.28. The number of benzene rings is 1. The Morgan fingerprint density at radius 2 is 1.88 bits per heavy atom. The molecule has 0 spiro atoms. The maximum Gasteiger partial charge on any atom is 0.200 e. The summed E-state index contributed by atoms with van der Waals surface area (Å²) >= 11 is 0. The second-order valence-electron chi connectivity index (χ2n) is 8.60. The number of oxazole rings is 1. The lowest BCUT2D eigenvalue weighted by molar-refractivity contribution is 0.0242. The van der Waals surface area contributed by atoms with Gasteiger partial charge in [-0.25, -0.2) is 19.9 Å². The molecule has 1 saturated carbocycles. The third-order valence-corrected chi connectivity index (χ3v) is 6.72. The fourth-order valence-corrected chi connectivity index (χ4v) is 5.01. The average Bonchev–Trinajstić information content (AvgIpc) is 3.53. The van der Waals surface area contributed by atoms with Crippen LogP contribution in [0.4, 0.5) is 17.5 Å². The number of nitrogen functional groups attached to an aromatic ring is 2. The van der Waals surface area contributed by atoms with Crippen molar-refractivity contribution < 1.29 is 14.6 Å². The third-order valence-electron chi connectivity index (χ3n) is 6.72. The van der Waals surface area contributed by atoms with E-state index in [-0.39, 0.29) is 6.04 Å². The minimum absolute atomic E-state index is 0.330. The number of rotatable bonds is 3. The van der Waals surface area contributed by atoms with Gasteiger partial charge in [-0.1, -0.05) is 12.1 Å². The molecule has 10 heteroatoms. The largest absolute Gasteiger partial charge is 0.440 e. The fourth-order valence-electron chi connectivity index (χ4n) is 5.01. The second kappa shape index (κ2) is 7.39. The van der Waals surface area contributed by atoms with E-state index in [1.165, 1.54) is 6.33 Å². The zero-order chi connectivity index (χ0) is 22.7. The smallest absolute Gasteiger partial charge is 0.200 e. The number of aliphatic hydroxyl groups excluding tert-OH is 2. The van der Waals surface area contributed by atoms with Crippen molar-refractivity contribution in [3.05, 3.63) is 54.3 Å². The van der Waals surface area contributed by atoms with E-state index >= 15 is 0 Å². The zero-order valence-corrected chi connectivity index (χ0v) is 17.7. The number of pyridine rings is 1. The van der Waals surface area contributed by atoms with Crippen LogP contribution in [0.5, 0.6) is 0 Å². The predicted molar refractivity (Wildman–Crippen MR) is 122 cm³/mol. The van der Waals surface area contributed by atoms with E-state index < -0.39 is 18.1 Å². The van der Waals surface area contributed by atoms with Gasteiger partial charge in [0.15, 0.2) is 5.76 Å². The van der Waals surface area contributed by atoms with Crippen molar-refractivity contribution >= 4 is 28.4 Å². The van der Waals surface area contributed by atoms with E-state index in [1.54, 1.807) is 12.3 Å². The summed E-state index contributed by atoms with van der Waals surface area (Å²) in [5.74, 6) is 2.12. The van der Waals surface area contributed by atoms with Crippen LogP contribution < -0.4 is 16.4 Å². The maximum atomic E-state index is 10.9. The van der Waals surface area contributed by atoms with Gasteiger partial charge in [0.05, 0.1) is 29.8 Å². The molecule has 1 aromatic carbocycles. The van der Waals surface area contributed by atoms with Crippen molar-refractivity contribution in [1.82, 2.24) is 19.9 Å². The van der Waals surface area contributed by atoms with Crippen LogP contribution in [0.25, 0.3) is 22.2 Å². The molecule has 10 nitrogen and oxygen atoms in total. The van der Waals surface area contributed by atoms with Crippen molar-refractivity contribution in [2.75, 3.05) is 22.9 Å². The van der Waals surface area contributed by atoms with Crippen LogP contribution in [-0.4, -0.2) is 54.9 Å². The molecule has 33 heavy (non-hydrogen) atoms. The van der Waals surface area contributed by atoms with Crippen LogP contribution in [0.2, 0.25) is 0 Å². The molecule has 2 aliphatic rings. The summed E-state index contributed by atoms with van der Waals surface area (Å²) < 4.78 is 6.05. The van der Waals surface area contributed by atoms with Crippen LogP contribution in [0.1, 0.15) is 23.8 Å². The molecule has 6 N–H and O–H groups in total. The number of nitrogens with two attached hydrogens (primary N) is 2. The van der Waals surface area contributed by atoms with Gasteiger partial charge in [0.2, 0.25) is 5.89 Å². The van der Waals surface area contributed by atoms with Gasteiger partial charge in [0, 0.05) is 23.1 Å². The Kier molecular flexibility index (Phi) is 4.46. The van der Waals surface area contributed by atoms with E-state index in [1.807, 2.05) is 29.2 Å². The first kappa shape index (κ1) is 19.9. The number of anilines is 3. The molecule has 6 rings (SSSR count). The van der Waals surface area contributed by atoms with Crippen LogP contribution in [0, 0.1) is 0 Å². The standard InChI is InChI=1S/C23H23N7O3/c24-18-4-3-11-1-2-12(7-15(11)29-18)17-9-26-23(33-17)14-8-16(20(32)19(14)31)30-6-5-13-21(25)27-10-28-22(13)30/h1-4,7,9-10,14,16,19-20,31-32H,5-6,8H2,(H2,24,29)(H2,25,27,28)/t14-,16+,19+,20-/m0/s1. The second-order valence-corrected chi connectivity index (χ2v) is 8.60. The first-order chi connectivity index (χ1) is 16.0. The SMILES string of the molecule is Nc1ccc2ccc(-c3cnc([C@H]4C[C@@H](N5CCc6c(N)ncnc65)[C@H](O)[C@@H]4O)o3)cc2n1. The summed E-state index contributed by atoms with van der Waals surface area (Å²) in [6, 6.07) is 9.11. The molecule has 0 amide bonds. The van der Waals surface area contributed by atoms with E-state index in [0.717, 1.165) is 27.8 Å². The van der Waals surface area contributed by atoms with E-state index in [4.69, 9.17) is 15.9 Å². The third kappa shape index (κ3) is 3.18. The van der Waals surface area contributed by atoms with Gasteiger partial charge in [-0.3, -0.25) is 0 Å². The predicted octanol–water partition coefficient (Wildman–Crippen LogP) is 1.48. The summed E-state index contributed by atoms with van der Waals surface area (Å²) in [6.07, 6.45) is 2.25. The molecule has 0 unspecified atom stereocenters. The topological polar surface area (TPSA) is 160 Å². The number of hydrogen-bond acceptors (Lipinski definition) is 10. The number of nitrogens with zero attached hydrogens (tertiary/aromatic N) is 5. The summed E-state index contributed by atoms with van der Waals surface area (Å²) in [5.41, 5.74) is 14.3. The molecule has 4 heterocycles. The Morgan fingerprint density at radius 1 is 1.03 bits per heavy atom. The number of aromatic nitrogens is 4.